The summed E-state index contributed by atoms with van der Waals surface area (Å²) < 4.78 is 5.83. The zero-order valence-electron chi connectivity index (χ0n) is 11.9. The van der Waals surface area contributed by atoms with Crippen LogP contribution in [0.25, 0.3) is 11.1 Å². The van der Waals surface area contributed by atoms with E-state index >= 15 is 0 Å². The SMILES string of the molecule is C#Cc1cccc(Nc2ncnc3oc4c(c23)CCNC4)c1. The summed E-state index contributed by atoms with van der Waals surface area (Å²) in [7, 11) is 0. The van der Waals surface area contributed by atoms with Crippen LogP contribution in [0.3, 0.4) is 0 Å². The first-order valence-corrected chi connectivity index (χ1v) is 7.15. The van der Waals surface area contributed by atoms with Crippen molar-refractivity contribution in [3.63, 3.8) is 0 Å². The quantitative estimate of drug-likeness (QED) is 0.710. The molecule has 0 amide bonds. The summed E-state index contributed by atoms with van der Waals surface area (Å²) >= 11 is 0. The number of furan rings is 1. The number of nitrogens with one attached hydrogen (secondary N) is 2. The van der Waals surface area contributed by atoms with Gasteiger partial charge in [0.25, 0.3) is 0 Å². The van der Waals surface area contributed by atoms with E-state index in [0.29, 0.717) is 5.71 Å². The van der Waals surface area contributed by atoms with Gasteiger partial charge in [-0.3, -0.25) is 0 Å². The molecule has 3 aromatic rings. The highest BCUT2D eigenvalue weighted by Gasteiger charge is 2.21. The second-order valence-corrected chi connectivity index (χ2v) is 5.18. The summed E-state index contributed by atoms with van der Waals surface area (Å²) in [4.78, 5) is 8.63. The van der Waals surface area contributed by atoms with Gasteiger partial charge in [0.1, 0.15) is 17.9 Å². The molecule has 2 N–H and O–H groups in total. The number of fused-ring (bicyclic) bond motifs is 3. The van der Waals surface area contributed by atoms with Gasteiger partial charge in [-0.25, -0.2) is 9.97 Å². The molecule has 1 aromatic carbocycles. The molecule has 0 radical (unpaired) electrons. The molecule has 0 saturated heterocycles. The number of hydrogen-bond donors (Lipinski definition) is 2. The first-order valence-electron chi connectivity index (χ1n) is 7.15. The minimum Gasteiger partial charge on any atom is -0.441 e. The molecule has 0 atom stereocenters. The number of aromatic nitrogens is 2. The molecule has 5 heteroatoms. The van der Waals surface area contributed by atoms with E-state index in [0.717, 1.165) is 47.7 Å². The summed E-state index contributed by atoms with van der Waals surface area (Å²) in [6.07, 6.45) is 7.88. The average Bonchev–Trinajstić information content (AvgIpc) is 2.94. The van der Waals surface area contributed by atoms with E-state index in [-0.39, 0.29) is 0 Å². The molecule has 22 heavy (non-hydrogen) atoms. The van der Waals surface area contributed by atoms with Crippen LogP contribution in [-0.4, -0.2) is 16.5 Å². The third-order valence-corrected chi connectivity index (χ3v) is 3.80. The topological polar surface area (TPSA) is 63.0 Å². The Kier molecular flexibility index (Phi) is 3.02. The van der Waals surface area contributed by atoms with Crippen molar-refractivity contribution in [2.75, 3.05) is 11.9 Å². The molecule has 3 heterocycles. The molecule has 108 valence electrons. The fourth-order valence-corrected chi connectivity index (χ4v) is 2.78. The maximum absolute atomic E-state index is 5.83. The van der Waals surface area contributed by atoms with Crippen LogP contribution in [-0.2, 0) is 13.0 Å². The van der Waals surface area contributed by atoms with Gasteiger partial charge in [-0.15, -0.1) is 6.42 Å². The molecule has 5 nitrogen and oxygen atoms in total. The van der Waals surface area contributed by atoms with Gasteiger partial charge >= 0.3 is 0 Å². The molecule has 0 spiro atoms. The van der Waals surface area contributed by atoms with Gasteiger partial charge in [-0.1, -0.05) is 12.0 Å². The van der Waals surface area contributed by atoms with Crippen molar-refractivity contribution in [1.82, 2.24) is 15.3 Å². The van der Waals surface area contributed by atoms with E-state index in [9.17, 15) is 0 Å². The Labute approximate surface area is 127 Å². The fraction of sp³-hybridized carbons (Fsp3) is 0.176. The molecule has 0 fully saturated rings. The minimum atomic E-state index is 0.624. The number of terminal acetylenes is 1. The molecular weight excluding hydrogens is 276 g/mol. The standard InChI is InChI=1S/C17H14N4O/c1-2-11-4-3-5-12(8-11)21-16-15-13-6-7-18-9-14(13)22-17(15)20-10-19-16/h1,3-5,8,10,18H,6-7,9H2,(H,19,20,21). The van der Waals surface area contributed by atoms with Crippen LogP contribution in [0.5, 0.6) is 0 Å². The minimum absolute atomic E-state index is 0.624. The number of hydrogen-bond acceptors (Lipinski definition) is 5. The molecular formula is C17H14N4O. The third kappa shape index (κ3) is 2.10. The first kappa shape index (κ1) is 12.9. The van der Waals surface area contributed by atoms with Crippen LogP contribution >= 0.6 is 0 Å². The fourth-order valence-electron chi connectivity index (χ4n) is 2.78. The van der Waals surface area contributed by atoms with Gasteiger partial charge in [-0.05, 0) is 31.2 Å². The summed E-state index contributed by atoms with van der Waals surface area (Å²) in [5, 5.41) is 7.60. The normalized spacial score (nSPS) is 13.6. The van der Waals surface area contributed by atoms with Crippen molar-refractivity contribution >= 4 is 22.6 Å². The highest BCUT2D eigenvalue weighted by atomic mass is 16.3. The van der Waals surface area contributed by atoms with Gasteiger partial charge < -0.3 is 15.1 Å². The maximum atomic E-state index is 5.83. The first-order chi connectivity index (χ1) is 10.8. The van der Waals surface area contributed by atoms with Gasteiger partial charge in [0.15, 0.2) is 0 Å². The lowest BCUT2D eigenvalue weighted by Crippen LogP contribution is -2.22. The van der Waals surface area contributed by atoms with Crippen LogP contribution in [0.2, 0.25) is 0 Å². The lowest BCUT2D eigenvalue weighted by atomic mass is 10.1. The van der Waals surface area contributed by atoms with E-state index < -0.39 is 0 Å². The number of benzene rings is 1. The third-order valence-electron chi connectivity index (χ3n) is 3.80. The van der Waals surface area contributed by atoms with Crippen LogP contribution in [0.15, 0.2) is 35.0 Å². The molecule has 4 rings (SSSR count). The number of rotatable bonds is 2. The lowest BCUT2D eigenvalue weighted by molar-refractivity contribution is 0.482. The highest BCUT2D eigenvalue weighted by Crippen LogP contribution is 2.32. The number of nitrogens with zero attached hydrogens (tertiary/aromatic N) is 2. The Morgan fingerprint density at radius 1 is 1.32 bits per heavy atom. The summed E-state index contributed by atoms with van der Waals surface area (Å²) in [6.45, 7) is 1.67. The Balaban J connectivity index is 1.81. The summed E-state index contributed by atoms with van der Waals surface area (Å²) in [5.74, 6) is 4.34. The molecule has 0 unspecified atom stereocenters. The molecule has 0 saturated carbocycles. The van der Waals surface area contributed by atoms with Crippen LogP contribution < -0.4 is 10.6 Å². The molecule has 2 aromatic heterocycles. The summed E-state index contributed by atoms with van der Waals surface area (Å²) in [6, 6.07) is 7.70. The van der Waals surface area contributed by atoms with Crippen molar-refractivity contribution in [1.29, 1.82) is 0 Å². The Bertz CT molecular complexity index is 891. The van der Waals surface area contributed by atoms with Gasteiger partial charge in [0, 0.05) is 16.8 Å². The Morgan fingerprint density at radius 3 is 3.18 bits per heavy atom. The van der Waals surface area contributed by atoms with Crippen LogP contribution in [0, 0.1) is 12.3 Å². The smallest absolute Gasteiger partial charge is 0.231 e. The second kappa shape index (κ2) is 5.17. The van der Waals surface area contributed by atoms with Crippen molar-refractivity contribution < 1.29 is 4.42 Å². The zero-order valence-corrected chi connectivity index (χ0v) is 11.9. The predicted octanol–water partition coefficient (Wildman–Crippen LogP) is 2.59. The van der Waals surface area contributed by atoms with Crippen LogP contribution in [0.1, 0.15) is 16.9 Å². The van der Waals surface area contributed by atoms with Crippen molar-refractivity contribution in [3.05, 3.63) is 47.5 Å². The predicted molar refractivity (Wildman–Crippen MR) is 84.9 cm³/mol. The van der Waals surface area contributed by atoms with Gasteiger partial charge in [-0.2, -0.15) is 0 Å². The summed E-state index contributed by atoms with van der Waals surface area (Å²) in [5.41, 5.74) is 3.54. The van der Waals surface area contributed by atoms with Gasteiger partial charge in [0.2, 0.25) is 5.71 Å². The molecule has 0 aliphatic carbocycles. The Hall–Kier alpha value is -2.84. The lowest BCUT2D eigenvalue weighted by Gasteiger charge is -2.12. The largest absolute Gasteiger partial charge is 0.441 e. The van der Waals surface area contributed by atoms with E-state index in [2.05, 4.69) is 26.5 Å². The van der Waals surface area contributed by atoms with Crippen molar-refractivity contribution in [3.8, 4) is 12.3 Å². The maximum Gasteiger partial charge on any atom is 0.231 e. The molecule has 0 bridgehead atoms. The molecule has 1 aliphatic heterocycles. The molecule has 1 aliphatic rings. The van der Waals surface area contributed by atoms with Crippen LogP contribution in [0.4, 0.5) is 11.5 Å². The Morgan fingerprint density at radius 2 is 2.27 bits per heavy atom. The number of anilines is 2. The zero-order chi connectivity index (χ0) is 14.9. The van der Waals surface area contributed by atoms with E-state index in [1.807, 2.05) is 24.3 Å². The van der Waals surface area contributed by atoms with Crippen molar-refractivity contribution in [2.24, 2.45) is 0 Å². The van der Waals surface area contributed by atoms with Gasteiger partial charge in [0.05, 0.1) is 11.9 Å². The van der Waals surface area contributed by atoms with Crippen molar-refractivity contribution in [2.45, 2.75) is 13.0 Å². The second-order valence-electron chi connectivity index (χ2n) is 5.18. The average molecular weight is 290 g/mol. The van der Waals surface area contributed by atoms with E-state index in [1.165, 1.54) is 11.9 Å². The monoisotopic (exact) mass is 290 g/mol. The highest BCUT2D eigenvalue weighted by molar-refractivity contribution is 5.91. The van der Waals surface area contributed by atoms with E-state index in [4.69, 9.17) is 10.8 Å². The van der Waals surface area contributed by atoms with E-state index in [1.54, 1.807) is 0 Å².